The van der Waals surface area contributed by atoms with Crippen LogP contribution in [0.4, 0.5) is 0 Å². The Morgan fingerprint density at radius 3 is 2.37 bits per heavy atom. The van der Waals surface area contributed by atoms with Gasteiger partial charge in [0, 0.05) is 18.0 Å². The lowest BCUT2D eigenvalue weighted by atomic mass is 10.1. The van der Waals surface area contributed by atoms with Crippen molar-refractivity contribution in [2.75, 3.05) is 18.8 Å². The van der Waals surface area contributed by atoms with Gasteiger partial charge in [-0.05, 0) is 44.5 Å². The molecule has 1 rings (SSSR count). The van der Waals surface area contributed by atoms with Crippen LogP contribution in [0, 0.1) is 6.92 Å². The molecule has 0 saturated heterocycles. The largest absolute Gasteiger partial charge is 0.478 e. The van der Waals surface area contributed by atoms with Crippen molar-refractivity contribution in [1.29, 1.82) is 0 Å². The minimum atomic E-state index is -0.932. The van der Waals surface area contributed by atoms with Gasteiger partial charge >= 0.3 is 5.97 Å². The second-order valence-electron chi connectivity index (χ2n) is 4.14. The van der Waals surface area contributed by atoms with Gasteiger partial charge in [-0.25, -0.2) is 4.79 Å². The van der Waals surface area contributed by atoms with Crippen LogP contribution in [0.3, 0.4) is 0 Å². The molecule has 5 heteroatoms. The minimum absolute atomic E-state index is 0.108. The van der Waals surface area contributed by atoms with E-state index in [1.54, 1.807) is 23.1 Å². The molecule has 19 heavy (non-hydrogen) atoms. The van der Waals surface area contributed by atoms with Gasteiger partial charge in [-0.15, -0.1) is 11.8 Å². The van der Waals surface area contributed by atoms with Crippen LogP contribution >= 0.6 is 11.8 Å². The first kappa shape index (κ1) is 15.6. The van der Waals surface area contributed by atoms with Gasteiger partial charge in [0.25, 0.3) is 0 Å². The predicted molar refractivity (Wildman–Crippen MR) is 76.8 cm³/mol. The Balaban J connectivity index is 2.68. The second-order valence-corrected chi connectivity index (χ2v) is 5.16. The second kappa shape index (κ2) is 7.19. The van der Waals surface area contributed by atoms with Gasteiger partial charge in [0.15, 0.2) is 0 Å². The molecule has 0 saturated carbocycles. The van der Waals surface area contributed by atoms with Crippen molar-refractivity contribution in [3.8, 4) is 0 Å². The van der Waals surface area contributed by atoms with E-state index >= 15 is 0 Å². The van der Waals surface area contributed by atoms with Crippen LogP contribution < -0.4 is 0 Å². The summed E-state index contributed by atoms with van der Waals surface area (Å²) in [5.74, 6) is -0.440. The zero-order chi connectivity index (χ0) is 14.4. The number of aryl methyl sites for hydroxylation is 1. The zero-order valence-electron chi connectivity index (χ0n) is 11.5. The molecule has 1 N–H and O–H groups in total. The number of carbonyl (C=O) groups is 2. The van der Waals surface area contributed by atoms with E-state index < -0.39 is 5.97 Å². The van der Waals surface area contributed by atoms with Crippen LogP contribution in [-0.4, -0.2) is 40.7 Å². The van der Waals surface area contributed by atoms with Crippen molar-refractivity contribution in [2.24, 2.45) is 0 Å². The van der Waals surface area contributed by atoms with Crippen LogP contribution in [0.15, 0.2) is 23.1 Å². The topological polar surface area (TPSA) is 57.6 Å². The average Bonchev–Trinajstić information content (AvgIpc) is 2.38. The number of carboxylic acid groups (broad SMARTS) is 1. The Morgan fingerprint density at radius 2 is 1.89 bits per heavy atom. The van der Waals surface area contributed by atoms with Crippen LogP contribution in [0.1, 0.15) is 29.8 Å². The van der Waals surface area contributed by atoms with Crippen molar-refractivity contribution < 1.29 is 14.7 Å². The zero-order valence-corrected chi connectivity index (χ0v) is 12.3. The number of nitrogens with zero attached hydrogens (tertiary/aromatic N) is 1. The summed E-state index contributed by atoms with van der Waals surface area (Å²) in [5, 5.41) is 8.89. The van der Waals surface area contributed by atoms with Crippen LogP contribution in [0.5, 0.6) is 0 Å². The molecule has 0 heterocycles. The molecule has 0 fully saturated rings. The maximum Gasteiger partial charge on any atom is 0.335 e. The third-order valence-electron chi connectivity index (χ3n) is 2.89. The van der Waals surface area contributed by atoms with E-state index in [0.29, 0.717) is 18.8 Å². The number of aromatic carboxylic acids is 1. The summed E-state index contributed by atoms with van der Waals surface area (Å²) in [6.45, 7) is 7.20. The summed E-state index contributed by atoms with van der Waals surface area (Å²) >= 11 is 1.45. The monoisotopic (exact) mass is 281 g/mol. The van der Waals surface area contributed by atoms with Crippen molar-refractivity contribution >= 4 is 23.6 Å². The van der Waals surface area contributed by atoms with Gasteiger partial charge in [0.1, 0.15) is 0 Å². The first-order valence-electron chi connectivity index (χ1n) is 6.24. The van der Waals surface area contributed by atoms with Gasteiger partial charge in [-0.3, -0.25) is 4.79 Å². The fourth-order valence-corrected chi connectivity index (χ4v) is 2.66. The van der Waals surface area contributed by atoms with Crippen LogP contribution in [-0.2, 0) is 4.79 Å². The fourth-order valence-electron chi connectivity index (χ4n) is 1.75. The number of amides is 1. The molecule has 0 bridgehead atoms. The van der Waals surface area contributed by atoms with E-state index in [-0.39, 0.29) is 11.5 Å². The van der Waals surface area contributed by atoms with Gasteiger partial charge in [-0.2, -0.15) is 0 Å². The van der Waals surface area contributed by atoms with E-state index in [4.69, 9.17) is 5.11 Å². The van der Waals surface area contributed by atoms with Crippen molar-refractivity contribution in [3.63, 3.8) is 0 Å². The van der Waals surface area contributed by atoms with Gasteiger partial charge in [0.05, 0.1) is 11.3 Å². The Morgan fingerprint density at radius 1 is 1.26 bits per heavy atom. The molecule has 1 aromatic carbocycles. The molecule has 0 spiro atoms. The Labute approximate surface area is 117 Å². The number of carboxylic acids is 1. The van der Waals surface area contributed by atoms with Crippen molar-refractivity contribution in [1.82, 2.24) is 4.90 Å². The van der Waals surface area contributed by atoms with Gasteiger partial charge < -0.3 is 10.0 Å². The Kier molecular flexibility index (Phi) is 5.89. The lowest BCUT2D eigenvalue weighted by molar-refractivity contribution is -0.127. The number of benzene rings is 1. The quantitative estimate of drug-likeness (QED) is 0.814. The van der Waals surface area contributed by atoms with Gasteiger partial charge in [-0.1, -0.05) is 0 Å². The van der Waals surface area contributed by atoms with Crippen molar-refractivity contribution in [2.45, 2.75) is 25.7 Å². The molecular formula is C14H19NO3S. The summed E-state index contributed by atoms with van der Waals surface area (Å²) in [7, 11) is 0. The van der Waals surface area contributed by atoms with Crippen LogP contribution in [0.2, 0.25) is 0 Å². The molecule has 0 radical (unpaired) electrons. The summed E-state index contributed by atoms with van der Waals surface area (Å²) in [5.41, 5.74) is 1.16. The average molecular weight is 281 g/mol. The first-order chi connectivity index (χ1) is 8.99. The van der Waals surface area contributed by atoms with Crippen LogP contribution in [0.25, 0.3) is 0 Å². The third kappa shape index (κ3) is 4.28. The lowest BCUT2D eigenvalue weighted by Gasteiger charge is -2.18. The highest BCUT2D eigenvalue weighted by molar-refractivity contribution is 8.00. The summed E-state index contributed by atoms with van der Waals surface area (Å²) in [6, 6.07) is 4.96. The summed E-state index contributed by atoms with van der Waals surface area (Å²) in [4.78, 5) is 25.4. The first-order valence-corrected chi connectivity index (χ1v) is 7.22. The van der Waals surface area contributed by atoms with E-state index in [1.807, 2.05) is 20.8 Å². The number of carbonyl (C=O) groups excluding carboxylic acids is 1. The maximum absolute atomic E-state index is 11.9. The normalized spacial score (nSPS) is 10.3. The molecule has 0 aliphatic rings. The SMILES string of the molecule is CCN(CC)C(=O)CSc1ccc(C(=O)O)cc1C. The van der Waals surface area contributed by atoms with E-state index in [9.17, 15) is 9.59 Å². The predicted octanol–water partition coefficient (Wildman–Crippen LogP) is 2.65. The minimum Gasteiger partial charge on any atom is -0.478 e. The van der Waals surface area contributed by atoms with E-state index in [2.05, 4.69) is 0 Å². The summed E-state index contributed by atoms with van der Waals surface area (Å²) in [6.07, 6.45) is 0. The standard InChI is InChI=1S/C14H19NO3S/c1-4-15(5-2)13(16)9-19-12-7-6-11(14(17)18)8-10(12)3/h6-8H,4-5,9H2,1-3H3,(H,17,18). The molecule has 0 atom stereocenters. The Bertz CT molecular complexity index is 470. The smallest absolute Gasteiger partial charge is 0.335 e. The van der Waals surface area contributed by atoms with E-state index in [0.717, 1.165) is 10.5 Å². The molecule has 0 unspecified atom stereocenters. The van der Waals surface area contributed by atoms with E-state index in [1.165, 1.54) is 11.8 Å². The highest BCUT2D eigenvalue weighted by atomic mass is 32.2. The molecule has 0 aromatic heterocycles. The number of hydrogen-bond donors (Lipinski definition) is 1. The molecule has 104 valence electrons. The maximum atomic E-state index is 11.9. The van der Waals surface area contributed by atoms with Gasteiger partial charge in [0.2, 0.25) is 5.91 Å². The number of rotatable bonds is 6. The Hall–Kier alpha value is -1.49. The molecule has 4 nitrogen and oxygen atoms in total. The molecule has 0 aliphatic carbocycles. The molecule has 1 amide bonds. The molecule has 0 aliphatic heterocycles. The fraction of sp³-hybridized carbons (Fsp3) is 0.429. The molecule has 1 aromatic rings. The third-order valence-corrected chi connectivity index (χ3v) is 4.05. The number of hydrogen-bond acceptors (Lipinski definition) is 3. The summed E-state index contributed by atoms with van der Waals surface area (Å²) < 4.78 is 0. The highest BCUT2D eigenvalue weighted by Crippen LogP contribution is 2.23. The van der Waals surface area contributed by atoms with Crippen molar-refractivity contribution in [3.05, 3.63) is 29.3 Å². The lowest BCUT2D eigenvalue weighted by Crippen LogP contribution is -2.31. The molecular weight excluding hydrogens is 262 g/mol. The highest BCUT2D eigenvalue weighted by Gasteiger charge is 2.11. The number of thioether (sulfide) groups is 1.